The van der Waals surface area contributed by atoms with E-state index in [1.165, 1.54) is 6.26 Å². The summed E-state index contributed by atoms with van der Waals surface area (Å²) >= 11 is 0. The highest BCUT2D eigenvalue weighted by atomic mass is 16.4. The van der Waals surface area contributed by atoms with Crippen molar-refractivity contribution in [1.82, 2.24) is 0 Å². The quantitative estimate of drug-likeness (QED) is 0.870. The van der Waals surface area contributed by atoms with E-state index in [2.05, 4.69) is 5.32 Å². The maximum atomic E-state index is 12.6. The van der Waals surface area contributed by atoms with Crippen molar-refractivity contribution in [1.29, 1.82) is 0 Å². The Kier molecular flexibility index (Phi) is 4.56. The topological polar surface area (TPSA) is 99.8 Å². The fraction of sp³-hybridized carbons (Fsp3) is 0.278. The number of carboxylic acid groups (broad SMARTS) is 1. The number of nitrogens with one attached hydrogen (secondary N) is 1. The van der Waals surface area contributed by atoms with Gasteiger partial charge in [-0.25, -0.2) is 0 Å². The van der Waals surface area contributed by atoms with Crippen LogP contribution in [-0.4, -0.2) is 29.4 Å². The zero-order valence-corrected chi connectivity index (χ0v) is 13.7. The van der Waals surface area contributed by atoms with Crippen LogP contribution in [0.1, 0.15) is 34.5 Å². The number of aryl methyl sites for hydroxylation is 1. The Morgan fingerprint density at radius 3 is 2.84 bits per heavy atom. The lowest BCUT2D eigenvalue weighted by atomic mass is 10.1. The van der Waals surface area contributed by atoms with E-state index in [9.17, 15) is 14.4 Å². The van der Waals surface area contributed by atoms with Gasteiger partial charge in [-0.05, 0) is 31.5 Å². The molecule has 0 unspecified atom stereocenters. The Labute approximate surface area is 144 Å². The van der Waals surface area contributed by atoms with Gasteiger partial charge in [0.15, 0.2) is 0 Å². The highest BCUT2D eigenvalue weighted by Crippen LogP contribution is 2.25. The largest absolute Gasteiger partial charge is 0.481 e. The molecule has 0 radical (unpaired) electrons. The second-order valence-electron chi connectivity index (χ2n) is 5.94. The average Bonchev–Trinajstić information content (AvgIpc) is 3.13. The van der Waals surface area contributed by atoms with Crippen LogP contribution in [0.5, 0.6) is 0 Å². The van der Waals surface area contributed by atoms with E-state index in [0.717, 1.165) is 12.1 Å². The number of nitrogens with zero attached hydrogens (tertiary/aromatic N) is 1. The van der Waals surface area contributed by atoms with E-state index >= 15 is 0 Å². The van der Waals surface area contributed by atoms with Crippen LogP contribution >= 0.6 is 0 Å². The molecular weight excluding hydrogens is 324 g/mol. The highest BCUT2D eigenvalue weighted by Gasteiger charge is 2.23. The van der Waals surface area contributed by atoms with Crippen molar-refractivity contribution >= 4 is 29.2 Å². The maximum absolute atomic E-state index is 12.6. The van der Waals surface area contributed by atoms with E-state index in [1.807, 2.05) is 6.07 Å². The molecule has 1 saturated heterocycles. The van der Waals surface area contributed by atoms with Crippen molar-refractivity contribution in [2.75, 3.05) is 16.8 Å². The van der Waals surface area contributed by atoms with E-state index in [1.54, 1.807) is 30.0 Å². The Morgan fingerprint density at radius 1 is 1.36 bits per heavy atom. The molecule has 1 aliphatic heterocycles. The number of carbonyl (C=O) groups is 3. The molecule has 0 aliphatic carbocycles. The summed E-state index contributed by atoms with van der Waals surface area (Å²) in [6, 6.07) is 7.02. The van der Waals surface area contributed by atoms with Crippen LogP contribution in [0.25, 0.3) is 0 Å². The molecule has 2 N–H and O–H groups in total. The maximum Gasteiger partial charge on any atom is 0.311 e. The van der Waals surface area contributed by atoms with Crippen molar-refractivity contribution < 1.29 is 23.9 Å². The number of rotatable bonds is 5. The van der Waals surface area contributed by atoms with Crippen molar-refractivity contribution in [3.8, 4) is 0 Å². The van der Waals surface area contributed by atoms with Gasteiger partial charge in [0, 0.05) is 29.9 Å². The smallest absolute Gasteiger partial charge is 0.311 e. The van der Waals surface area contributed by atoms with Crippen LogP contribution in [0.2, 0.25) is 0 Å². The minimum absolute atomic E-state index is 0.0675. The van der Waals surface area contributed by atoms with Gasteiger partial charge in [-0.1, -0.05) is 6.07 Å². The number of furan rings is 1. The molecule has 7 heteroatoms. The van der Waals surface area contributed by atoms with Crippen LogP contribution < -0.4 is 10.2 Å². The third kappa shape index (κ3) is 3.55. The number of amides is 2. The summed E-state index contributed by atoms with van der Waals surface area (Å²) in [5, 5.41) is 11.7. The van der Waals surface area contributed by atoms with E-state index < -0.39 is 11.9 Å². The van der Waals surface area contributed by atoms with Gasteiger partial charge in [-0.15, -0.1) is 0 Å². The molecule has 2 aromatic rings. The second kappa shape index (κ2) is 6.80. The van der Waals surface area contributed by atoms with Crippen LogP contribution in [0.3, 0.4) is 0 Å². The van der Waals surface area contributed by atoms with Crippen LogP contribution in [-0.2, 0) is 16.0 Å². The predicted molar refractivity (Wildman–Crippen MR) is 90.8 cm³/mol. The third-order valence-corrected chi connectivity index (χ3v) is 4.08. The molecular formula is C18H18N2O5. The monoisotopic (exact) mass is 342 g/mol. The minimum atomic E-state index is -1.07. The first-order valence-corrected chi connectivity index (χ1v) is 7.96. The SMILES string of the molecule is Cc1coc(CC(=O)O)c1C(=O)Nc1cccc(N2CCCC2=O)c1. The van der Waals surface area contributed by atoms with Crippen molar-refractivity contribution in [3.05, 3.63) is 47.4 Å². The second-order valence-corrected chi connectivity index (χ2v) is 5.94. The summed E-state index contributed by atoms with van der Waals surface area (Å²) in [4.78, 5) is 37.0. The fourth-order valence-electron chi connectivity index (χ4n) is 2.94. The van der Waals surface area contributed by atoms with E-state index in [4.69, 9.17) is 9.52 Å². The molecule has 1 aromatic carbocycles. The first-order valence-electron chi connectivity index (χ1n) is 7.96. The molecule has 2 amide bonds. The van der Waals surface area contributed by atoms with E-state index in [0.29, 0.717) is 24.2 Å². The van der Waals surface area contributed by atoms with Gasteiger partial charge in [0.1, 0.15) is 12.2 Å². The van der Waals surface area contributed by atoms with Gasteiger partial charge in [0.05, 0.1) is 11.8 Å². The van der Waals surface area contributed by atoms with Crippen LogP contribution in [0, 0.1) is 6.92 Å². The molecule has 1 fully saturated rings. The lowest BCUT2D eigenvalue weighted by Gasteiger charge is -2.16. The number of aliphatic carboxylic acids is 1. The van der Waals surface area contributed by atoms with Gasteiger partial charge in [0.25, 0.3) is 5.91 Å². The van der Waals surface area contributed by atoms with Crippen LogP contribution in [0.4, 0.5) is 11.4 Å². The summed E-state index contributed by atoms with van der Waals surface area (Å²) in [6.07, 6.45) is 2.36. The predicted octanol–water partition coefficient (Wildman–Crippen LogP) is 2.59. The molecule has 0 spiro atoms. The van der Waals surface area contributed by atoms with Gasteiger partial charge in [-0.2, -0.15) is 0 Å². The Balaban J connectivity index is 1.81. The molecule has 1 aromatic heterocycles. The standard InChI is InChI=1S/C18H18N2O5/c1-11-10-25-14(9-16(22)23)17(11)18(24)19-12-4-2-5-13(8-12)20-7-3-6-15(20)21/h2,4-5,8,10H,3,6-7,9H2,1H3,(H,19,24)(H,22,23). The van der Waals surface area contributed by atoms with Gasteiger partial charge in [-0.3, -0.25) is 14.4 Å². The number of carbonyl (C=O) groups excluding carboxylic acids is 2. The van der Waals surface area contributed by atoms with E-state index in [-0.39, 0.29) is 23.7 Å². The summed E-state index contributed by atoms with van der Waals surface area (Å²) in [5.41, 5.74) is 2.06. The number of carboxylic acids is 1. The van der Waals surface area contributed by atoms with Crippen molar-refractivity contribution in [3.63, 3.8) is 0 Å². The third-order valence-electron chi connectivity index (χ3n) is 4.08. The number of benzene rings is 1. The Bertz CT molecular complexity index is 840. The minimum Gasteiger partial charge on any atom is -0.481 e. The number of anilines is 2. The first kappa shape index (κ1) is 16.8. The Hall–Kier alpha value is -3.09. The van der Waals surface area contributed by atoms with Crippen molar-refractivity contribution in [2.45, 2.75) is 26.2 Å². The average molecular weight is 342 g/mol. The fourth-order valence-corrected chi connectivity index (χ4v) is 2.94. The zero-order chi connectivity index (χ0) is 18.0. The van der Waals surface area contributed by atoms with Gasteiger partial charge >= 0.3 is 5.97 Å². The van der Waals surface area contributed by atoms with Crippen molar-refractivity contribution in [2.24, 2.45) is 0 Å². The molecule has 2 heterocycles. The molecule has 25 heavy (non-hydrogen) atoms. The molecule has 1 aliphatic rings. The molecule has 7 nitrogen and oxygen atoms in total. The highest BCUT2D eigenvalue weighted by molar-refractivity contribution is 6.07. The normalized spacial score (nSPS) is 14.0. The zero-order valence-electron chi connectivity index (χ0n) is 13.7. The summed E-state index contributed by atoms with van der Waals surface area (Å²) in [5.74, 6) is -1.32. The summed E-state index contributed by atoms with van der Waals surface area (Å²) < 4.78 is 5.19. The van der Waals surface area contributed by atoms with Gasteiger partial charge < -0.3 is 19.7 Å². The summed E-state index contributed by atoms with van der Waals surface area (Å²) in [7, 11) is 0. The lowest BCUT2D eigenvalue weighted by molar-refractivity contribution is -0.136. The molecule has 130 valence electrons. The van der Waals surface area contributed by atoms with Gasteiger partial charge in [0.2, 0.25) is 5.91 Å². The number of hydrogen-bond acceptors (Lipinski definition) is 4. The molecule has 0 saturated carbocycles. The van der Waals surface area contributed by atoms with Crippen LogP contribution in [0.15, 0.2) is 34.9 Å². The lowest BCUT2D eigenvalue weighted by Crippen LogP contribution is -2.23. The number of hydrogen-bond donors (Lipinski definition) is 2. The Morgan fingerprint density at radius 2 is 2.16 bits per heavy atom. The molecule has 0 bridgehead atoms. The summed E-state index contributed by atoms with van der Waals surface area (Å²) in [6.45, 7) is 2.35. The molecule has 3 rings (SSSR count). The molecule has 0 atom stereocenters. The first-order chi connectivity index (χ1) is 12.0.